The third kappa shape index (κ3) is 6.19. The third-order valence-electron chi connectivity index (χ3n) is 5.31. The second-order valence-electron chi connectivity index (χ2n) is 7.50. The minimum Gasteiger partial charge on any atom is -0.490 e. The number of hydrogen-bond acceptors (Lipinski definition) is 6. The summed E-state index contributed by atoms with van der Waals surface area (Å²) in [5, 5.41) is 11.1. The van der Waals surface area contributed by atoms with Crippen molar-refractivity contribution in [1.82, 2.24) is 9.80 Å². The highest BCUT2D eigenvalue weighted by Gasteiger charge is 2.31. The molecule has 1 saturated heterocycles. The van der Waals surface area contributed by atoms with Gasteiger partial charge in [0.25, 0.3) is 5.91 Å². The maximum absolute atomic E-state index is 12.7. The zero-order chi connectivity index (χ0) is 24.9. The van der Waals surface area contributed by atoms with E-state index < -0.39 is 16.7 Å². The van der Waals surface area contributed by atoms with E-state index in [-0.39, 0.29) is 47.7 Å². The van der Waals surface area contributed by atoms with Gasteiger partial charge in [-0.15, -0.1) is 11.8 Å². The van der Waals surface area contributed by atoms with Crippen molar-refractivity contribution in [2.24, 2.45) is 0 Å². The van der Waals surface area contributed by atoms with E-state index in [1.165, 1.54) is 35.9 Å². The van der Waals surface area contributed by atoms with Crippen LogP contribution in [0.2, 0.25) is 0 Å². The zero-order valence-electron chi connectivity index (χ0n) is 18.2. The number of hydrogen-bond donors (Lipinski definition) is 0. The Kier molecular flexibility index (Phi) is 8.02. The minimum atomic E-state index is -4.46. The van der Waals surface area contributed by atoms with Crippen LogP contribution in [0, 0.1) is 10.1 Å². The van der Waals surface area contributed by atoms with Crippen LogP contribution in [0.15, 0.2) is 42.5 Å². The highest BCUT2D eigenvalue weighted by Crippen LogP contribution is 2.30. The van der Waals surface area contributed by atoms with E-state index in [1.807, 2.05) is 0 Å². The van der Waals surface area contributed by atoms with Crippen LogP contribution >= 0.6 is 11.8 Å². The van der Waals surface area contributed by atoms with E-state index in [4.69, 9.17) is 4.74 Å². The number of carbonyl (C=O) groups excluding carboxylic acids is 2. The van der Waals surface area contributed by atoms with Gasteiger partial charge >= 0.3 is 11.9 Å². The van der Waals surface area contributed by atoms with E-state index in [0.717, 1.165) is 24.3 Å². The molecule has 1 heterocycles. The van der Waals surface area contributed by atoms with Crippen molar-refractivity contribution in [3.8, 4) is 5.75 Å². The molecule has 0 atom stereocenters. The molecule has 34 heavy (non-hydrogen) atoms. The van der Waals surface area contributed by atoms with Gasteiger partial charge in [0, 0.05) is 43.6 Å². The highest BCUT2D eigenvalue weighted by atomic mass is 32.2. The Bertz CT molecular complexity index is 1050. The molecule has 1 aliphatic rings. The van der Waals surface area contributed by atoms with Crippen molar-refractivity contribution in [2.45, 2.75) is 11.9 Å². The van der Waals surface area contributed by atoms with Crippen molar-refractivity contribution >= 4 is 29.3 Å². The second kappa shape index (κ2) is 10.8. The molecule has 0 spiro atoms. The molecule has 0 aliphatic carbocycles. The smallest absolute Gasteiger partial charge is 0.416 e. The molecule has 0 unspecified atom stereocenters. The number of alkyl halides is 3. The van der Waals surface area contributed by atoms with Crippen LogP contribution in [0.3, 0.4) is 0 Å². The number of rotatable bonds is 7. The van der Waals surface area contributed by atoms with Crippen LogP contribution in [0.5, 0.6) is 5.75 Å². The summed E-state index contributed by atoms with van der Waals surface area (Å²) in [6, 6.07) is 8.70. The number of amides is 2. The Hall–Kier alpha value is -3.28. The Morgan fingerprint density at radius 1 is 1.06 bits per heavy atom. The van der Waals surface area contributed by atoms with Gasteiger partial charge in [0.1, 0.15) is 0 Å². The first kappa shape index (κ1) is 25.3. The number of halogens is 3. The van der Waals surface area contributed by atoms with Crippen molar-refractivity contribution in [3.63, 3.8) is 0 Å². The lowest BCUT2D eigenvalue weighted by Gasteiger charge is -2.34. The molecular weight excluding hydrogens is 475 g/mol. The summed E-state index contributed by atoms with van der Waals surface area (Å²) in [5.41, 5.74) is -0.101. The molecule has 2 aromatic rings. The first-order valence-corrected chi connectivity index (χ1v) is 11.4. The number of nitro groups is 1. The lowest BCUT2D eigenvalue weighted by molar-refractivity contribution is -0.385. The number of benzene rings is 2. The van der Waals surface area contributed by atoms with E-state index in [0.29, 0.717) is 24.4 Å². The van der Waals surface area contributed by atoms with Gasteiger partial charge in [-0.1, -0.05) is 6.07 Å². The quantitative estimate of drug-likeness (QED) is 0.426. The average Bonchev–Trinajstić information content (AvgIpc) is 2.83. The van der Waals surface area contributed by atoms with Gasteiger partial charge < -0.3 is 14.5 Å². The fourth-order valence-corrected chi connectivity index (χ4v) is 4.33. The van der Waals surface area contributed by atoms with Crippen LogP contribution in [0.4, 0.5) is 18.9 Å². The van der Waals surface area contributed by atoms with Crippen molar-refractivity contribution in [3.05, 3.63) is 69.3 Å². The van der Waals surface area contributed by atoms with Gasteiger partial charge in [0.15, 0.2) is 5.75 Å². The molecule has 0 bridgehead atoms. The first-order valence-electron chi connectivity index (χ1n) is 10.2. The molecule has 3 rings (SSSR count). The molecule has 0 aromatic heterocycles. The third-order valence-corrected chi connectivity index (χ3v) is 6.30. The Morgan fingerprint density at radius 2 is 1.68 bits per heavy atom. The van der Waals surface area contributed by atoms with Crippen LogP contribution in [-0.4, -0.2) is 65.6 Å². The predicted octanol–water partition coefficient (Wildman–Crippen LogP) is 3.84. The normalized spacial score (nSPS) is 14.1. The fraction of sp³-hybridized carbons (Fsp3) is 0.364. The van der Waals surface area contributed by atoms with Gasteiger partial charge in [-0.25, -0.2) is 0 Å². The molecule has 1 aliphatic heterocycles. The molecule has 2 amide bonds. The number of nitro benzene ring substituents is 1. The molecule has 0 radical (unpaired) electrons. The minimum absolute atomic E-state index is 0.116. The standard InChI is InChI=1S/C22H22F3N3O5S/c1-33-19-7-2-15(12-18(19)28(31)32)13-34-14-20(29)26-8-10-27(11-9-26)21(30)16-3-5-17(6-4-16)22(23,24)25/h2-7,12H,8-11,13-14H2,1H3. The lowest BCUT2D eigenvalue weighted by Crippen LogP contribution is -2.51. The van der Waals surface area contributed by atoms with Gasteiger partial charge in [-0.3, -0.25) is 19.7 Å². The molecule has 1 fully saturated rings. The second-order valence-corrected chi connectivity index (χ2v) is 8.49. The molecule has 0 N–H and O–H groups in total. The van der Waals surface area contributed by atoms with E-state index in [2.05, 4.69) is 0 Å². The highest BCUT2D eigenvalue weighted by molar-refractivity contribution is 7.99. The van der Waals surface area contributed by atoms with E-state index in [9.17, 15) is 32.9 Å². The lowest BCUT2D eigenvalue weighted by atomic mass is 10.1. The largest absolute Gasteiger partial charge is 0.490 e. The van der Waals surface area contributed by atoms with Gasteiger partial charge in [0.05, 0.1) is 23.3 Å². The summed E-state index contributed by atoms with van der Waals surface area (Å²) in [6.45, 7) is 1.20. The number of nitrogens with zero attached hydrogens (tertiary/aromatic N) is 3. The summed E-state index contributed by atoms with van der Waals surface area (Å²) in [6.07, 6.45) is -4.46. The molecule has 12 heteroatoms. The molecule has 182 valence electrons. The van der Waals surface area contributed by atoms with E-state index in [1.54, 1.807) is 11.0 Å². The van der Waals surface area contributed by atoms with Crippen molar-refractivity contribution in [2.75, 3.05) is 39.0 Å². The Morgan fingerprint density at radius 3 is 2.24 bits per heavy atom. The van der Waals surface area contributed by atoms with Crippen LogP contribution in [-0.2, 0) is 16.7 Å². The number of piperazine rings is 1. The summed E-state index contributed by atoms with van der Waals surface area (Å²) in [4.78, 5) is 38.8. The topological polar surface area (TPSA) is 93.0 Å². The van der Waals surface area contributed by atoms with Crippen LogP contribution < -0.4 is 4.74 Å². The van der Waals surface area contributed by atoms with Crippen LogP contribution in [0.25, 0.3) is 0 Å². The molecule has 0 saturated carbocycles. The van der Waals surface area contributed by atoms with Crippen molar-refractivity contribution < 1.29 is 32.4 Å². The van der Waals surface area contributed by atoms with Gasteiger partial charge in [-0.05, 0) is 35.9 Å². The Balaban J connectivity index is 1.47. The summed E-state index contributed by atoms with van der Waals surface area (Å²) in [7, 11) is 1.35. The summed E-state index contributed by atoms with van der Waals surface area (Å²) in [5.74, 6) is 0.250. The first-order chi connectivity index (χ1) is 16.1. The Labute approximate surface area is 197 Å². The van der Waals surface area contributed by atoms with Crippen molar-refractivity contribution in [1.29, 1.82) is 0 Å². The van der Waals surface area contributed by atoms with Gasteiger partial charge in [0.2, 0.25) is 5.91 Å². The average molecular weight is 497 g/mol. The number of methoxy groups -OCH3 is 1. The zero-order valence-corrected chi connectivity index (χ0v) is 19.0. The number of carbonyl (C=O) groups is 2. The van der Waals surface area contributed by atoms with E-state index >= 15 is 0 Å². The maximum Gasteiger partial charge on any atom is 0.416 e. The fourth-order valence-electron chi connectivity index (χ4n) is 3.46. The molecule has 8 nitrogen and oxygen atoms in total. The van der Waals surface area contributed by atoms with Gasteiger partial charge in [-0.2, -0.15) is 13.2 Å². The molecule has 2 aromatic carbocycles. The van der Waals surface area contributed by atoms with Crippen LogP contribution in [0.1, 0.15) is 21.5 Å². The predicted molar refractivity (Wildman–Crippen MR) is 120 cm³/mol. The maximum atomic E-state index is 12.7. The SMILES string of the molecule is COc1ccc(CSCC(=O)N2CCN(C(=O)c3ccc(C(F)(F)F)cc3)CC2)cc1[N+](=O)[O-]. The monoisotopic (exact) mass is 497 g/mol. The molecular formula is C22H22F3N3O5S. The number of thioether (sulfide) groups is 1. The summed E-state index contributed by atoms with van der Waals surface area (Å²) >= 11 is 1.32. The summed E-state index contributed by atoms with van der Waals surface area (Å²) < 4.78 is 43.1. The number of ether oxygens (including phenoxy) is 1.